The maximum absolute atomic E-state index is 12.3. The van der Waals surface area contributed by atoms with Gasteiger partial charge in [0.2, 0.25) is 0 Å². The molecular weight excluding hydrogens is 284 g/mol. The van der Waals surface area contributed by atoms with Crippen molar-refractivity contribution in [3.8, 4) is 0 Å². The second-order valence-electron chi connectivity index (χ2n) is 8.44. The van der Waals surface area contributed by atoms with Gasteiger partial charge in [-0.1, -0.05) is 20.8 Å². The fourth-order valence-corrected chi connectivity index (χ4v) is 3.65. The number of sulfone groups is 1. The average Bonchev–Trinajstić information content (AvgIpc) is 2.46. The zero-order valence-electron chi connectivity index (χ0n) is 14.9. The standard InChI is InChI=1S/C16H34N2O2S/c1-13-8-9-17-14(15(2,3)4)12-18(13)10-11-21(19,20)16(5,6)7/h13-14,17H,8-12H2,1-7H3. The summed E-state index contributed by atoms with van der Waals surface area (Å²) in [6.45, 7) is 16.8. The molecule has 0 aromatic heterocycles. The molecule has 2 atom stereocenters. The van der Waals surface area contributed by atoms with Gasteiger partial charge in [0.1, 0.15) is 0 Å². The first-order valence-corrected chi connectivity index (χ1v) is 9.69. The van der Waals surface area contributed by atoms with E-state index >= 15 is 0 Å². The zero-order valence-corrected chi connectivity index (χ0v) is 15.7. The molecule has 5 heteroatoms. The fraction of sp³-hybridized carbons (Fsp3) is 1.00. The number of nitrogens with zero attached hydrogens (tertiary/aromatic N) is 1. The molecule has 0 aliphatic carbocycles. The molecule has 0 saturated carbocycles. The minimum Gasteiger partial charge on any atom is -0.312 e. The third-order valence-corrected chi connectivity index (χ3v) is 7.20. The fourth-order valence-electron chi connectivity index (χ4n) is 2.56. The first kappa shape index (κ1) is 18.9. The molecule has 1 aliphatic heterocycles. The van der Waals surface area contributed by atoms with Gasteiger partial charge in [-0.2, -0.15) is 0 Å². The first-order chi connectivity index (χ1) is 9.34. The minimum absolute atomic E-state index is 0.186. The molecule has 0 spiro atoms. The molecule has 1 saturated heterocycles. The molecule has 1 rings (SSSR count). The molecule has 2 unspecified atom stereocenters. The molecular formula is C16H34N2O2S. The van der Waals surface area contributed by atoms with Gasteiger partial charge in [-0.25, -0.2) is 8.42 Å². The van der Waals surface area contributed by atoms with Crippen molar-refractivity contribution in [2.45, 2.75) is 71.7 Å². The van der Waals surface area contributed by atoms with Crippen molar-refractivity contribution in [3.05, 3.63) is 0 Å². The van der Waals surface area contributed by atoms with Crippen LogP contribution in [0.2, 0.25) is 0 Å². The van der Waals surface area contributed by atoms with Crippen molar-refractivity contribution in [1.29, 1.82) is 0 Å². The summed E-state index contributed by atoms with van der Waals surface area (Å²) in [5.74, 6) is 0.248. The smallest absolute Gasteiger partial charge is 0.156 e. The lowest BCUT2D eigenvalue weighted by Crippen LogP contribution is -2.48. The zero-order chi connectivity index (χ0) is 16.5. The van der Waals surface area contributed by atoms with Crippen LogP contribution in [0.1, 0.15) is 54.9 Å². The number of rotatable bonds is 3. The van der Waals surface area contributed by atoms with Crippen LogP contribution in [0.3, 0.4) is 0 Å². The van der Waals surface area contributed by atoms with Gasteiger partial charge in [-0.15, -0.1) is 0 Å². The summed E-state index contributed by atoms with van der Waals surface area (Å²) in [5, 5.41) is 3.62. The van der Waals surface area contributed by atoms with E-state index in [1.54, 1.807) is 20.8 Å². The molecule has 126 valence electrons. The van der Waals surface area contributed by atoms with Crippen LogP contribution in [0.25, 0.3) is 0 Å². The molecule has 1 fully saturated rings. The Kier molecular flexibility index (Phi) is 5.90. The van der Waals surface area contributed by atoms with Crippen molar-refractivity contribution in [1.82, 2.24) is 10.2 Å². The number of hydrogen-bond acceptors (Lipinski definition) is 4. The third kappa shape index (κ3) is 5.22. The van der Waals surface area contributed by atoms with Gasteiger partial charge in [0, 0.05) is 25.2 Å². The summed E-state index contributed by atoms with van der Waals surface area (Å²) in [6.07, 6.45) is 1.07. The van der Waals surface area contributed by atoms with E-state index in [-0.39, 0.29) is 11.2 Å². The third-order valence-electron chi connectivity index (χ3n) is 4.62. The SMILES string of the molecule is CC1CCNC(C(C)(C)C)CN1CCS(=O)(=O)C(C)(C)C. The summed E-state index contributed by atoms with van der Waals surface area (Å²) in [4.78, 5) is 2.35. The normalized spacial score (nSPS) is 26.6. The monoisotopic (exact) mass is 318 g/mol. The predicted molar refractivity (Wildman–Crippen MR) is 90.4 cm³/mol. The Morgan fingerprint density at radius 2 is 1.71 bits per heavy atom. The molecule has 0 bridgehead atoms. The predicted octanol–water partition coefficient (Wildman–Crippen LogP) is 2.30. The van der Waals surface area contributed by atoms with E-state index < -0.39 is 14.6 Å². The summed E-state index contributed by atoms with van der Waals surface area (Å²) in [7, 11) is -3.05. The van der Waals surface area contributed by atoms with E-state index in [0.717, 1.165) is 19.5 Å². The lowest BCUT2D eigenvalue weighted by Gasteiger charge is -2.35. The van der Waals surface area contributed by atoms with Gasteiger partial charge in [0.05, 0.1) is 10.5 Å². The highest BCUT2D eigenvalue weighted by molar-refractivity contribution is 7.92. The molecule has 0 aromatic carbocycles. The van der Waals surface area contributed by atoms with Crippen LogP contribution in [-0.4, -0.2) is 55.5 Å². The lowest BCUT2D eigenvalue weighted by molar-refractivity contribution is 0.171. The average molecular weight is 319 g/mol. The van der Waals surface area contributed by atoms with Crippen molar-refractivity contribution in [2.75, 3.05) is 25.4 Å². The van der Waals surface area contributed by atoms with E-state index in [1.165, 1.54) is 0 Å². The highest BCUT2D eigenvalue weighted by Gasteiger charge is 2.33. The second kappa shape index (κ2) is 6.55. The first-order valence-electron chi connectivity index (χ1n) is 8.04. The van der Waals surface area contributed by atoms with Crippen LogP contribution < -0.4 is 5.32 Å². The molecule has 1 N–H and O–H groups in total. The molecule has 1 aliphatic rings. The summed E-state index contributed by atoms with van der Waals surface area (Å²) in [5.41, 5.74) is 0.186. The van der Waals surface area contributed by atoms with Crippen molar-refractivity contribution < 1.29 is 8.42 Å². The van der Waals surface area contributed by atoms with E-state index in [0.29, 0.717) is 18.6 Å². The Bertz CT molecular complexity index is 432. The maximum Gasteiger partial charge on any atom is 0.156 e. The van der Waals surface area contributed by atoms with Crippen molar-refractivity contribution in [2.24, 2.45) is 5.41 Å². The molecule has 0 aromatic rings. The van der Waals surface area contributed by atoms with Gasteiger partial charge in [0.15, 0.2) is 9.84 Å². The lowest BCUT2D eigenvalue weighted by atomic mass is 9.86. The number of nitrogens with one attached hydrogen (secondary N) is 1. The largest absolute Gasteiger partial charge is 0.312 e. The highest BCUT2D eigenvalue weighted by atomic mass is 32.2. The quantitative estimate of drug-likeness (QED) is 0.867. The van der Waals surface area contributed by atoms with Crippen LogP contribution in [0, 0.1) is 5.41 Å². The minimum atomic E-state index is -3.05. The topological polar surface area (TPSA) is 49.4 Å². The Morgan fingerprint density at radius 3 is 2.19 bits per heavy atom. The van der Waals surface area contributed by atoms with Gasteiger partial charge < -0.3 is 5.32 Å². The highest BCUT2D eigenvalue weighted by Crippen LogP contribution is 2.24. The van der Waals surface area contributed by atoms with Crippen LogP contribution >= 0.6 is 0 Å². The van der Waals surface area contributed by atoms with Crippen LogP contribution in [0.15, 0.2) is 0 Å². The van der Waals surface area contributed by atoms with Crippen LogP contribution in [0.5, 0.6) is 0 Å². The van der Waals surface area contributed by atoms with Gasteiger partial charge >= 0.3 is 0 Å². The molecule has 0 amide bonds. The van der Waals surface area contributed by atoms with Gasteiger partial charge in [-0.05, 0) is 46.1 Å². The molecule has 4 nitrogen and oxygen atoms in total. The van der Waals surface area contributed by atoms with Crippen molar-refractivity contribution >= 4 is 9.84 Å². The summed E-state index contributed by atoms with van der Waals surface area (Å²) in [6, 6.07) is 0.833. The van der Waals surface area contributed by atoms with E-state index in [4.69, 9.17) is 0 Å². The van der Waals surface area contributed by atoms with Gasteiger partial charge in [0.25, 0.3) is 0 Å². The molecule has 21 heavy (non-hydrogen) atoms. The maximum atomic E-state index is 12.3. The number of hydrogen-bond donors (Lipinski definition) is 1. The molecule has 0 radical (unpaired) electrons. The molecule has 1 heterocycles. The summed E-state index contributed by atoms with van der Waals surface area (Å²) >= 11 is 0. The Hall–Kier alpha value is -0.130. The van der Waals surface area contributed by atoms with Crippen LogP contribution in [0.4, 0.5) is 0 Å². The Balaban J connectivity index is 2.75. The van der Waals surface area contributed by atoms with Gasteiger partial charge in [-0.3, -0.25) is 4.90 Å². The second-order valence-corrected chi connectivity index (χ2v) is 11.3. The van der Waals surface area contributed by atoms with Crippen molar-refractivity contribution in [3.63, 3.8) is 0 Å². The Labute approximate surface area is 131 Å². The van der Waals surface area contributed by atoms with Crippen LogP contribution in [-0.2, 0) is 9.84 Å². The summed E-state index contributed by atoms with van der Waals surface area (Å²) < 4.78 is 24.0. The van der Waals surface area contributed by atoms with E-state index in [1.807, 2.05) is 0 Å². The van der Waals surface area contributed by atoms with E-state index in [2.05, 4.69) is 37.9 Å². The Morgan fingerprint density at radius 1 is 1.14 bits per heavy atom. The van der Waals surface area contributed by atoms with E-state index in [9.17, 15) is 8.42 Å².